The van der Waals surface area contributed by atoms with E-state index in [2.05, 4.69) is 36.3 Å². The molecule has 5 nitrogen and oxygen atoms in total. The summed E-state index contributed by atoms with van der Waals surface area (Å²) in [6, 6.07) is 8.52. The number of hydrogen-bond acceptors (Lipinski definition) is 3. The van der Waals surface area contributed by atoms with Gasteiger partial charge < -0.3 is 10.4 Å². The molecule has 0 aliphatic carbocycles. The number of aromatic amines is 1. The van der Waals surface area contributed by atoms with Gasteiger partial charge in [0, 0.05) is 10.4 Å². The van der Waals surface area contributed by atoms with Gasteiger partial charge in [-0.25, -0.2) is 0 Å². The number of benzene rings is 1. The maximum Gasteiger partial charge on any atom is 0.253 e. The van der Waals surface area contributed by atoms with Crippen molar-refractivity contribution in [3.8, 4) is 0 Å². The van der Waals surface area contributed by atoms with Crippen molar-refractivity contribution in [3.63, 3.8) is 0 Å². The van der Waals surface area contributed by atoms with Crippen LogP contribution in [0, 0.1) is 0 Å². The van der Waals surface area contributed by atoms with E-state index in [1.54, 1.807) is 24.3 Å². The number of carbonyl (C=O) groups is 1. The number of nitrogens with zero attached hydrogens (tertiary/aromatic N) is 1. The molecule has 0 unspecified atom stereocenters. The van der Waals surface area contributed by atoms with E-state index >= 15 is 0 Å². The maximum atomic E-state index is 12.0. The molecule has 0 spiro atoms. The Labute approximate surface area is 134 Å². The second kappa shape index (κ2) is 6.50. The van der Waals surface area contributed by atoms with Gasteiger partial charge in [0.15, 0.2) is 6.10 Å². The summed E-state index contributed by atoms with van der Waals surface area (Å²) in [5, 5.41) is 20.3. The number of aromatic nitrogens is 2. The van der Waals surface area contributed by atoms with E-state index in [1.807, 2.05) is 6.07 Å². The Morgan fingerprint density at radius 1 is 1.41 bits per heavy atom. The van der Waals surface area contributed by atoms with Crippen molar-refractivity contribution in [2.24, 2.45) is 0 Å². The van der Waals surface area contributed by atoms with Gasteiger partial charge in [-0.05, 0) is 23.8 Å². The minimum atomic E-state index is -1.25. The molecular weight excluding hydrogens is 302 g/mol. The number of halogens is 1. The van der Waals surface area contributed by atoms with E-state index in [4.69, 9.17) is 11.6 Å². The molecule has 1 amide bonds. The summed E-state index contributed by atoms with van der Waals surface area (Å²) < 4.78 is 0. The summed E-state index contributed by atoms with van der Waals surface area (Å²) in [5.74, 6) is -0.478. The molecule has 3 N–H and O–H groups in total. The van der Waals surface area contributed by atoms with Crippen LogP contribution in [0.3, 0.4) is 0 Å². The third-order valence-electron chi connectivity index (χ3n) is 3.27. The second-order valence-corrected chi connectivity index (χ2v) is 6.64. The van der Waals surface area contributed by atoms with Crippen molar-refractivity contribution in [2.45, 2.75) is 38.8 Å². The number of amides is 1. The highest BCUT2D eigenvalue weighted by Crippen LogP contribution is 2.20. The topological polar surface area (TPSA) is 78.0 Å². The SMILES string of the molecule is CC(C)(C)c1cc(CNC(=O)[C@H](O)c2cccc(Cl)c2)[nH]n1. The van der Waals surface area contributed by atoms with Crippen LogP contribution in [-0.2, 0) is 16.8 Å². The number of aliphatic hydroxyl groups excluding tert-OH is 1. The van der Waals surface area contributed by atoms with Crippen LogP contribution < -0.4 is 5.32 Å². The summed E-state index contributed by atoms with van der Waals surface area (Å²) >= 11 is 5.86. The minimum Gasteiger partial charge on any atom is -0.378 e. The van der Waals surface area contributed by atoms with Crippen LogP contribution in [0.1, 0.15) is 43.8 Å². The number of rotatable bonds is 4. The third kappa shape index (κ3) is 4.08. The molecule has 2 aromatic rings. The molecule has 0 bridgehead atoms. The lowest BCUT2D eigenvalue weighted by Crippen LogP contribution is -2.29. The molecule has 1 heterocycles. The van der Waals surface area contributed by atoms with Crippen molar-refractivity contribution in [2.75, 3.05) is 0 Å². The summed E-state index contributed by atoms with van der Waals surface area (Å²) in [6.07, 6.45) is -1.25. The molecule has 2 rings (SSSR count). The monoisotopic (exact) mass is 321 g/mol. The smallest absolute Gasteiger partial charge is 0.253 e. The quantitative estimate of drug-likeness (QED) is 0.810. The van der Waals surface area contributed by atoms with Crippen LogP contribution in [0.15, 0.2) is 30.3 Å². The molecule has 1 aromatic carbocycles. The molecule has 1 aromatic heterocycles. The van der Waals surface area contributed by atoms with Gasteiger partial charge in [0.05, 0.1) is 17.9 Å². The van der Waals surface area contributed by atoms with Crippen molar-refractivity contribution in [3.05, 3.63) is 52.3 Å². The first-order valence-electron chi connectivity index (χ1n) is 7.03. The Balaban J connectivity index is 1.96. The van der Waals surface area contributed by atoms with Gasteiger partial charge in [0.2, 0.25) is 0 Å². The highest BCUT2D eigenvalue weighted by Gasteiger charge is 2.19. The van der Waals surface area contributed by atoms with E-state index in [0.29, 0.717) is 10.6 Å². The number of H-pyrrole nitrogens is 1. The zero-order valence-electron chi connectivity index (χ0n) is 12.9. The van der Waals surface area contributed by atoms with E-state index in [0.717, 1.165) is 11.4 Å². The van der Waals surface area contributed by atoms with Gasteiger partial charge >= 0.3 is 0 Å². The van der Waals surface area contributed by atoms with Crippen molar-refractivity contribution in [1.29, 1.82) is 0 Å². The first-order chi connectivity index (χ1) is 10.3. The third-order valence-corrected chi connectivity index (χ3v) is 3.50. The molecule has 0 radical (unpaired) electrons. The van der Waals surface area contributed by atoms with Crippen LogP contribution in [0.25, 0.3) is 0 Å². The van der Waals surface area contributed by atoms with Gasteiger partial charge in [0.25, 0.3) is 5.91 Å². The summed E-state index contributed by atoms with van der Waals surface area (Å²) in [7, 11) is 0. The van der Waals surface area contributed by atoms with Crippen molar-refractivity contribution < 1.29 is 9.90 Å². The summed E-state index contributed by atoms with van der Waals surface area (Å²) in [4.78, 5) is 12.0. The van der Waals surface area contributed by atoms with Crippen molar-refractivity contribution >= 4 is 17.5 Å². The Kier molecular flexibility index (Phi) is 4.88. The normalized spacial score (nSPS) is 13.0. The zero-order chi connectivity index (χ0) is 16.3. The molecule has 6 heteroatoms. The number of carbonyl (C=O) groups excluding carboxylic acids is 1. The number of aliphatic hydroxyl groups is 1. The van der Waals surface area contributed by atoms with Crippen LogP contribution in [-0.4, -0.2) is 21.2 Å². The Bertz CT molecular complexity index is 661. The largest absolute Gasteiger partial charge is 0.378 e. The molecular formula is C16H20ClN3O2. The fraction of sp³-hybridized carbons (Fsp3) is 0.375. The number of nitrogens with one attached hydrogen (secondary N) is 2. The molecule has 0 saturated carbocycles. The minimum absolute atomic E-state index is 0.0565. The Morgan fingerprint density at radius 3 is 2.73 bits per heavy atom. The summed E-state index contributed by atoms with van der Waals surface area (Å²) in [5.41, 5.74) is 2.12. The first-order valence-corrected chi connectivity index (χ1v) is 7.41. The van der Waals surface area contributed by atoms with Gasteiger partial charge in [-0.2, -0.15) is 5.10 Å². The fourth-order valence-electron chi connectivity index (χ4n) is 1.94. The fourth-order valence-corrected chi connectivity index (χ4v) is 2.14. The molecule has 118 valence electrons. The highest BCUT2D eigenvalue weighted by molar-refractivity contribution is 6.30. The van der Waals surface area contributed by atoms with Crippen LogP contribution >= 0.6 is 11.6 Å². The second-order valence-electron chi connectivity index (χ2n) is 6.20. The van der Waals surface area contributed by atoms with Crippen molar-refractivity contribution in [1.82, 2.24) is 15.5 Å². The maximum absolute atomic E-state index is 12.0. The highest BCUT2D eigenvalue weighted by atomic mass is 35.5. The summed E-state index contributed by atoms with van der Waals surface area (Å²) in [6.45, 7) is 6.47. The average molecular weight is 322 g/mol. The standard InChI is InChI=1S/C16H20ClN3O2/c1-16(2,3)13-8-12(19-20-13)9-18-15(22)14(21)10-5-4-6-11(17)7-10/h4-8,14,21H,9H2,1-3H3,(H,18,22)(H,19,20)/t14-/m1/s1. The lowest BCUT2D eigenvalue weighted by atomic mass is 9.92. The first kappa shape index (κ1) is 16.5. The van der Waals surface area contributed by atoms with Crippen LogP contribution in [0.5, 0.6) is 0 Å². The molecule has 1 atom stereocenters. The number of hydrogen-bond donors (Lipinski definition) is 3. The van der Waals surface area contributed by atoms with Gasteiger partial charge in [-0.15, -0.1) is 0 Å². The predicted octanol–water partition coefficient (Wildman–Crippen LogP) is 2.71. The zero-order valence-corrected chi connectivity index (χ0v) is 13.6. The van der Waals surface area contributed by atoms with E-state index in [-0.39, 0.29) is 12.0 Å². The Hall–Kier alpha value is -1.85. The van der Waals surface area contributed by atoms with Crippen LogP contribution in [0.2, 0.25) is 5.02 Å². The van der Waals surface area contributed by atoms with Crippen LogP contribution in [0.4, 0.5) is 0 Å². The lowest BCUT2D eigenvalue weighted by molar-refractivity contribution is -0.129. The van der Waals surface area contributed by atoms with E-state index < -0.39 is 12.0 Å². The van der Waals surface area contributed by atoms with Gasteiger partial charge in [-0.3, -0.25) is 9.89 Å². The van der Waals surface area contributed by atoms with E-state index in [9.17, 15) is 9.90 Å². The van der Waals surface area contributed by atoms with Gasteiger partial charge in [0.1, 0.15) is 0 Å². The van der Waals surface area contributed by atoms with Gasteiger partial charge in [-0.1, -0.05) is 44.5 Å². The average Bonchev–Trinajstić information content (AvgIpc) is 2.93. The molecule has 22 heavy (non-hydrogen) atoms. The predicted molar refractivity (Wildman–Crippen MR) is 85.5 cm³/mol. The molecule has 0 fully saturated rings. The molecule has 0 aliphatic heterocycles. The lowest BCUT2D eigenvalue weighted by Gasteiger charge is -2.13. The molecule has 0 aliphatic rings. The molecule has 0 saturated heterocycles. The van der Waals surface area contributed by atoms with E-state index in [1.165, 1.54) is 0 Å². The Morgan fingerprint density at radius 2 is 2.14 bits per heavy atom.